The predicted octanol–water partition coefficient (Wildman–Crippen LogP) is 2.37. The van der Waals surface area contributed by atoms with Gasteiger partial charge in [0.25, 0.3) is 0 Å². The van der Waals surface area contributed by atoms with Crippen molar-refractivity contribution in [3.05, 3.63) is 35.1 Å². The molecule has 3 heterocycles. The van der Waals surface area contributed by atoms with Gasteiger partial charge in [0.2, 0.25) is 6.79 Å². The fraction of sp³-hybridized carbons (Fsp3) is 0.550. The van der Waals surface area contributed by atoms with Gasteiger partial charge in [0, 0.05) is 13.5 Å². The molecule has 1 aliphatic carbocycles. The van der Waals surface area contributed by atoms with E-state index in [-0.39, 0.29) is 24.2 Å². The van der Waals surface area contributed by atoms with E-state index in [0.717, 1.165) is 49.6 Å². The molecule has 6 nitrogen and oxygen atoms in total. The molecule has 0 aromatic heterocycles. The van der Waals surface area contributed by atoms with E-state index >= 15 is 0 Å². The second kappa shape index (κ2) is 5.64. The summed E-state index contributed by atoms with van der Waals surface area (Å²) in [5.74, 6) is 2.06. The van der Waals surface area contributed by atoms with Crippen molar-refractivity contribution < 1.29 is 23.7 Å². The van der Waals surface area contributed by atoms with Crippen LogP contribution in [0, 0.1) is 0 Å². The van der Waals surface area contributed by atoms with E-state index in [0.29, 0.717) is 0 Å². The molecular weight excluding hydrogens is 334 g/mol. The first-order valence-corrected chi connectivity index (χ1v) is 9.24. The molecule has 1 aromatic carbocycles. The van der Waals surface area contributed by atoms with Gasteiger partial charge in [-0.15, -0.1) is 0 Å². The number of hydrogen-bond acceptors (Lipinski definition) is 6. The normalized spacial score (nSPS) is 31.5. The zero-order valence-corrected chi connectivity index (χ0v) is 15.1. The van der Waals surface area contributed by atoms with Crippen LogP contribution in [0.25, 0.3) is 0 Å². The minimum absolute atomic E-state index is 0.0100. The van der Waals surface area contributed by atoms with Crippen LogP contribution in [0.15, 0.2) is 24.0 Å². The van der Waals surface area contributed by atoms with Gasteiger partial charge in [-0.3, -0.25) is 9.69 Å². The van der Waals surface area contributed by atoms with Crippen LogP contribution in [0.4, 0.5) is 0 Å². The van der Waals surface area contributed by atoms with Crippen molar-refractivity contribution in [3.63, 3.8) is 0 Å². The maximum absolute atomic E-state index is 11.8. The number of carbonyl (C=O) groups is 1. The van der Waals surface area contributed by atoms with Crippen molar-refractivity contribution in [1.29, 1.82) is 0 Å². The van der Waals surface area contributed by atoms with E-state index in [1.54, 1.807) is 7.11 Å². The molecule has 3 atom stereocenters. The maximum Gasteiger partial charge on any atom is 0.303 e. The van der Waals surface area contributed by atoms with Crippen molar-refractivity contribution in [2.45, 2.75) is 43.7 Å². The van der Waals surface area contributed by atoms with Crippen LogP contribution in [-0.2, 0) is 20.7 Å². The van der Waals surface area contributed by atoms with Crippen molar-refractivity contribution in [3.8, 4) is 11.5 Å². The van der Waals surface area contributed by atoms with E-state index in [4.69, 9.17) is 18.9 Å². The van der Waals surface area contributed by atoms with Crippen LogP contribution in [0.2, 0.25) is 0 Å². The molecule has 1 unspecified atom stereocenters. The molecule has 26 heavy (non-hydrogen) atoms. The third-order valence-corrected chi connectivity index (χ3v) is 6.26. The molecule has 0 saturated carbocycles. The van der Waals surface area contributed by atoms with E-state index in [1.165, 1.54) is 18.1 Å². The Kier molecular flexibility index (Phi) is 3.47. The Bertz CT molecular complexity index is 804. The summed E-state index contributed by atoms with van der Waals surface area (Å²) in [5.41, 5.74) is 2.27. The summed E-state index contributed by atoms with van der Waals surface area (Å²) in [5, 5.41) is 0. The molecule has 3 aliphatic heterocycles. The molecule has 4 aliphatic rings. The third-order valence-electron chi connectivity index (χ3n) is 6.26. The Hall–Kier alpha value is -2.21. The maximum atomic E-state index is 11.8. The molecule has 0 N–H and O–H groups in total. The summed E-state index contributed by atoms with van der Waals surface area (Å²) in [6.45, 7) is 3.75. The Balaban J connectivity index is 1.69. The van der Waals surface area contributed by atoms with Gasteiger partial charge in [-0.2, -0.15) is 0 Å². The fourth-order valence-electron chi connectivity index (χ4n) is 5.27. The van der Waals surface area contributed by atoms with Crippen LogP contribution in [0.3, 0.4) is 0 Å². The van der Waals surface area contributed by atoms with Gasteiger partial charge in [0.05, 0.1) is 18.6 Å². The summed E-state index contributed by atoms with van der Waals surface area (Å²) >= 11 is 0. The number of carbonyl (C=O) groups excluding carboxylic acids is 1. The first kappa shape index (κ1) is 16.0. The number of nitrogens with zero attached hydrogens (tertiary/aromatic N) is 1. The zero-order valence-electron chi connectivity index (χ0n) is 15.1. The molecule has 6 heteroatoms. The molecule has 0 radical (unpaired) electrons. The smallest absolute Gasteiger partial charge is 0.303 e. The summed E-state index contributed by atoms with van der Waals surface area (Å²) < 4.78 is 22.7. The number of ether oxygens (including phenoxy) is 4. The lowest BCUT2D eigenvalue weighted by Crippen LogP contribution is -2.47. The highest BCUT2D eigenvalue weighted by Crippen LogP contribution is 2.55. The highest BCUT2D eigenvalue weighted by molar-refractivity contribution is 5.67. The van der Waals surface area contributed by atoms with Gasteiger partial charge >= 0.3 is 5.97 Å². The third kappa shape index (κ3) is 2.11. The molecule has 1 spiro atoms. The first-order valence-electron chi connectivity index (χ1n) is 9.24. The second-order valence-electron chi connectivity index (χ2n) is 7.49. The highest BCUT2D eigenvalue weighted by atomic mass is 16.7. The van der Waals surface area contributed by atoms with Crippen molar-refractivity contribution in [2.24, 2.45) is 0 Å². The van der Waals surface area contributed by atoms with Gasteiger partial charge < -0.3 is 18.9 Å². The highest BCUT2D eigenvalue weighted by Gasteiger charge is 2.58. The molecule has 1 fully saturated rings. The van der Waals surface area contributed by atoms with Crippen molar-refractivity contribution >= 4 is 5.97 Å². The number of esters is 1. The largest absolute Gasteiger partial charge is 0.497 e. The minimum atomic E-state index is -0.407. The van der Waals surface area contributed by atoms with Crippen LogP contribution >= 0.6 is 0 Å². The first-order chi connectivity index (χ1) is 12.6. The lowest BCUT2D eigenvalue weighted by molar-refractivity contribution is -0.147. The second-order valence-corrected chi connectivity index (χ2v) is 7.49. The van der Waals surface area contributed by atoms with Crippen molar-refractivity contribution in [2.75, 3.05) is 27.0 Å². The van der Waals surface area contributed by atoms with Gasteiger partial charge in [-0.05, 0) is 55.1 Å². The SMILES string of the molecule is COC1=CC23CCCN2CCc2cc4c(cc2[C@@H]3[C@@H]1OC(C)=O)OCO4. The van der Waals surface area contributed by atoms with Crippen molar-refractivity contribution in [1.82, 2.24) is 4.90 Å². The lowest BCUT2D eigenvalue weighted by Gasteiger charge is -2.39. The Labute approximate surface area is 152 Å². The standard InChI is InChI=1S/C20H23NO5/c1-12(22)26-19-17(23-2)10-20-5-3-6-21(20)7-4-13-8-15-16(25-11-24-15)9-14(13)18(19)20/h8-10,18-19H,3-7,11H2,1-2H3/t18-,19-,20?/m1/s1. The number of methoxy groups -OCH3 is 1. The molecule has 0 amide bonds. The quantitative estimate of drug-likeness (QED) is 0.758. The molecule has 0 bridgehead atoms. The Morgan fingerprint density at radius 3 is 2.85 bits per heavy atom. The number of hydrogen-bond donors (Lipinski definition) is 0. The molecular formula is C20H23NO5. The zero-order chi connectivity index (χ0) is 17.9. The van der Waals surface area contributed by atoms with E-state index in [1.807, 2.05) is 0 Å². The number of fused-ring (bicyclic) bond motifs is 3. The van der Waals surface area contributed by atoms with Crippen LogP contribution < -0.4 is 9.47 Å². The fourth-order valence-corrected chi connectivity index (χ4v) is 5.27. The van der Waals surface area contributed by atoms with E-state index in [2.05, 4.69) is 23.1 Å². The monoisotopic (exact) mass is 357 g/mol. The van der Waals surface area contributed by atoms with Crippen LogP contribution in [-0.4, -0.2) is 49.5 Å². The summed E-state index contributed by atoms with van der Waals surface area (Å²) in [6.07, 6.45) is 4.92. The van der Waals surface area contributed by atoms with E-state index in [9.17, 15) is 4.79 Å². The van der Waals surface area contributed by atoms with Crippen LogP contribution in [0.5, 0.6) is 11.5 Å². The molecule has 1 aromatic rings. The topological polar surface area (TPSA) is 57.2 Å². The number of rotatable bonds is 2. The summed E-state index contributed by atoms with van der Waals surface area (Å²) in [6, 6.07) is 4.19. The van der Waals surface area contributed by atoms with Gasteiger partial charge in [-0.25, -0.2) is 0 Å². The minimum Gasteiger partial charge on any atom is -0.497 e. The van der Waals surface area contributed by atoms with Crippen LogP contribution in [0.1, 0.15) is 36.8 Å². The number of benzene rings is 1. The average molecular weight is 357 g/mol. The molecule has 5 rings (SSSR count). The lowest BCUT2D eigenvalue weighted by atomic mass is 9.77. The summed E-state index contributed by atoms with van der Waals surface area (Å²) in [7, 11) is 1.66. The van der Waals surface area contributed by atoms with E-state index < -0.39 is 6.10 Å². The van der Waals surface area contributed by atoms with Gasteiger partial charge in [0.15, 0.2) is 17.6 Å². The average Bonchev–Trinajstić information content (AvgIpc) is 3.28. The molecule has 138 valence electrons. The predicted molar refractivity (Wildman–Crippen MR) is 93.2 cm³/mol. The molecule has 1 saturated heterocycles. The Morgan fingerprint density at radius 1 is 1.27 bits per heavy atom. The van der Waals surface area contributed by atoms with Gasteiger partial charge in [0.1, 0.15) is 5.76 Å². The van der Waals surface area contributed by atoms with Gasteiger partial charge in [-0.1, -0.05) is 0 Å². The summed E-state index contributed by atoms with van der Waals surface area (Å²) in [4.78, 5) is 14.4. The Morgan fingerprint density at radius 2 is 2.08 bits per heavy atom.